The molecule has 0 saturated heterocycles. The lowest BCUT2D eigenvalue weighted by atomic mass is 10.2. The van der Waals surface area contributed by atoms with Gasteiger partial charge in [-0.3, -0.25) is 4.79 Å². The zero-order chi connectivity index (χ0) is 15.3. The van der Waals surface area contributed by atoms with Crippen LogP contribution in [0.2, 0.25) is 0 Å². The number of anilines is 1. The molecule has 0 fully saturated rings. The van der Waals surface area contributed by atoms with Crippen LogP contribution in [-0.2, 0) is 9.53 Å². The second kappa shape index (κ2) is 11.0. The Labute approximate surface area is 127 Å². The molecule has 4 nitrogen and oxygen atoms in total. The first-order chi connectivity index (χ1) is 10.3. The molecule has 0 aliphatic carbocycles. The number of rotatable bonds is 11. The van der Waals surface area contributed by atoms with Crippen molar-refractivity contribution in [2.45, 2.75) is 46.0 Å². The smallest absolute Gasteiger partial charge is 0.305 e. The number of benzene rings is 1. The van der Waals surface area contributed by atoms with Crippen LogP contribution in [0.5, 0.6) is 5.75 Å². The molecule has 0 heterocycles. The minimum absolute atomic E-state index is 0.0897. The molecule has 0 spiro atoms. The van der Waals surface area contributed by atoms with Gasteiger partial charge in [-0.05, 0) is 50.5 Å². The molecule has 0 bridgehead atoms. The third-order valence-electron chi connectivity index (χ3n) is 3.02. The molecule has 1 N–H and O–H groups in total. The maximum atomic E-state index is 11.2. The van der Waals surface area contributed by atoms with Crippen molar-refractivity contribution in [3.05, 3.63) is 24.3 Å². The van der Waals surface area contributed by atoms with Crippen molar-refractivity contribution in [3.63, 3.8) is 0 Å². The maximum Gasteiger partial charge on any atom is 0.305 e. The average molecular weight is 293 g/mol. The van der Waals surface area contributed by atoms with Crippen LogP contribution in [-0.4, -0.2) is 25.7 Å². The number of esters is 1. The molecule has 0 radical (unpaired) electrons. The van der Waals surface area contributed by atoms with E-state index < -0.39 is 0 Å². The highest BCUT2D eigenvalue weighted by molar-refractivity contribution is 5.69. The van der Waals surface area contributed by atoms with Gasteiger partial charge in [-0.25, -0.2) is 0 Å². The maximum absolute atomic E-state index is 11.2. The zero-order valence-electron chi connectivity index (χ0n) is 13.2. The average Bonchev–Trinajstić information content (AvgIpc) is 2.50. The molecule has 0 aromatic heterocycles. The highest BCUT2D eigenvalue weighted by atomic mass is 16.5. The van der Waals surface area contributed by atoms with Crippen molar-refractivity contribution in [1.82, 2.24) is 0 Å². The molecule has 1 aromatic carbocycles. The quantitative estimate of drug-likeness (QED) is 0.494. The highest BCUT2D eigenvalue weighted by Crippen LogP contribution is 2.16. The van der Waals surface area contributed by atoms with E-state index in [1.807, 2.05) is 31.2 Å². The lowest BCUT2D eigenvalue weighted by Gasteiger charge is -2.08. The molecular formula is C17H27NO3. The van der Waals surface area contributed by atoms with Crippen LogP contribution in [0.15, 0.2) is 24.3 Å². The molecule has 4 heteroatoms. The van der Waals surface area contributed by atoms with Gasteiger partial charge in [0.2, 0.25) is 0 Å². The summed E-state index contributed by atoms with van der Waals surface area (Å²) in [6.45, 7) is 6.07. The number of carbonyl (C=O) groups is 1. The summed E-state index contributed by atoms with van der Waals surface area (Å²) in [4.78, 5) is 11.2. The van der Waals surface area contributed by atoms with Crippen molar-refractivity contribution >= 4 is 11.7 Å². The van der Waals surface area contributed by atoms with Crippen LogP contribution >= 0.6 is 0 Å². The SMILES string of the molecule is CCCOc1ccc(NCCCCCC(=O)OCC)cc1. The van der Waals surface area contributed by atoms with Crippen LogP contribution in [0, 0.1) is 0 Å². The van der Waals surface area contributed by atoms with Gasteiger partial charge in [0, 0.05) is 18.7 Å². The summed E-state index contributed by atoms with van der Waals surface area (Å²) in [5.41, 5.74) is 1.10. The normalized spacial score (nSPS) is 10.2. The Kier molecular flexibility index (Phi) is 9.09. The summed E-state index contributed by atoms with van der Waals surface area (Å²) >= 11 is 0. The highest BCUT2D eigenvalue weighted by Gasteiger charge is 2.00. The third-order valence-corrected chi connectivity index (χ3v) is 3.02. The van der Waals surface area contributed by atoms with Gasteiger partial charge in [-0.1, -0.05) is 13.3 Å². The minimum atomic E-state index is -0.0897. The fourth-order valence-corrected chi connectivity index (χ4v) is 1.93. The summed E-state index contributed by atoms with van der Waals surface area (Å²) in [7, 11) is 0. The number of ether oxygens (including phenoxy) is 2. The van der Waals surface area contributed by atoms with Crippen molar-refractivity contribution in [1.29, 1.82) is 0 Å². The van der Waals surface area contributed by atoms with E-state index in [0.29, 0.717) is 13.0 Å². The summed E-state index contributed by atoms with van der Waals surface area (Å²) in [5, 5.41) is 3.37. The van der Waals surface area contributed by atoms with Crippen LogP contribution in [0.1, 0.15) is 46.0 Å². The van der Waals surface area contributed by atoms with Crippen LogP contribution in [0.25, 0.3) is 0 Å². The predicted octanol–water partition coefficient (Wildman–Crippen LogP) is 4.01. The Morgan fingerprint density at radius 1 is 1.10 bits per heavy atom. The molecule has 0 amide bonds. The zero-order valence-corrected chi connectivity index (χ0v) is 13.2. The molecule has 1 rings (SSSR count). The molecule has 0 saturated carbocycles. The first kappa shape index (κ1) is 17.3. The van der Waals surface area contributed by atoms with E-state index in [-0.39, 0.29) is 5.97 Å². The number of carbonyl (C=O) groups excluding carboxylic acids is 1. The fourth-order valence-electron chi connectivity index (χ4n) is 1.93. The third kappa shape index (κ3) is 8.23. The van der Waals surface area contributed by atoms with E-state index in [4.69, 9.17) is 9.47 Å². The van der Waals surface area contributed by atoms with Crippen molar-refractivity contribution in [2.24, 2.45) is 0 Å². The molecule has 0 atom stereocenters. The summed E-state index contributed by atoms with van der Waals surface area (Å²) in [6, 6.07) is 8.03. The van der Waals surface area contributed by atoms with E-state index in [1.54, 1.807) is 0 Å². The predicted molar refractivity (Wildman–Crippen MR) is 85.8 cm³/mol. The number of unbranched alkanes of at least 4 members (excludes halogenated alkanes) is 2. The Bertz CT molecular complexity index is 390. The Morgan fingerprint density at radius 3 is 2.52 bits per heavy atom. The van der Waals surface area contributed by atoms with E-state index in [2.05, 4.69) is 12.2 Å². The molecule has 21 heavy (non-hydrogen) atoms. The fraction of sp³-hybridized carbons (Fsp3) is 0.588. The van der Waals surface area contributed by atoms with Gasteiger partial charge in [0.1, 0.15) is 5.75 Å². The topological polar surface area (TPSA) is 47.6 Å². The van der Waals surface area contributed by atoms with Gasteiger partial charge < -0.3 is 14.8 Å². The van der Waals surface area contributed by atoms with Gasteiger partial charge in [-0.2, -0.15) is 0 Å². The monoisotopic (exact) mass is 293 g/mol. The van der Waals surface area contributed by atoms with E-state index >= 15 is 0 Å². The molecular weight excluding hydrogens is 266 g/mol. The second-order valence-electron chi connectivity index (χ2n) is 4.92. The van der Waals surface area contributed by atoms with Gasteiger partial charge in [0.15, 0.2) is 0 Å². The van der Waals surface area contributed by atoms with Gasteiger partial charge in [-0.15, -0.1) is 0 Å². The van der Waals surface area contributed by atoms with Crippen molar-refractivity contribution in [3.8, 4) is 5.75 Å². The Balaban J connectivity index is 2.08. The lowest BCUT2D eigenvalue weighted by Crippen LogP contribution is -2.05. The van der Waals surface area contributed by atoms with Crippen LogP contribution < -0.4 is 10.1 Å². The van der Waals surface area contributed by atoms with Crippen LogP contribution in [0.4, 0.5) is 5.69 Å². The number of nitrogens with one attached hydrogen (secondary N) is 1. The van der Waals surface area contributed by atoms with E-state index in [9.17, 15) is 4.79 Å². The molecule has 118 valence electrons. The molecule has 1 aromatic rings. The van der Waals surface area contributed by atoms with E-state index in [1.165, 1.54) is 0 Å². The molecule has 0 unspecified atom stereocenters. The number of hydrogen-bond acceptors (Lipinski definition) is 4. The lowest BCUT2D eigenvalue weighted by molar-refractivity contribution is -0.143. The van der Waals surface area contributed by atoms with Gasteiger partial charge in [0.25, 0.3) is 0 Å². The summed E-state index contributed by atoms with van der Waals surface area (Å²) in [6.07, 6.45) is 4.52. The summed E-state index contributed by atoms with van der Waals surface area (Å²) in [5.74, 6) is 0.824. The first-order valence-corrected chi connectivity index (χ1v) is 7.88. The molecule has 0 aliphatic rings. The Hall–Kier alpha value is -1.71. The minimum Gasteiger partial charge on any atom is -0.494 e. The Morgan fingerprint density at radius 2 is 1.86 bits per heavy atom. The standard InChI is InChI=1S/C17H27NO3/c1-3-14-21-16-11-9-15(10-12-16)18-13-7-5-6-8-17(19)20-4-2/h9-12,18H,3-8,13-14H2,1-2H3. The van der Waals surface area contributed by atoms with Gasteiger partial charge in [0.05, 0.1) is 13.2 Å². The van der Waals surface area contributed by atoms with E-state index in [0.717, 1.165) is 50.3 Å². The largest absolute Gasteiger partial charge is 0.494 e. The van der Waals surface area contributed by atoms with Crippen molar-refractivity contribution < 1.29 is 14.3 Å². The second-order valence-corrected chi connectivity index (χ2v) is 4.92. The first-order valence-electron chi connectivity index (χ1n) is 7.88. The number of hydrogen-bond donors (Lipinski definition) is 1. The van der Waals surface area contributed by atoms with Crippen molar-refractivity contribution in [2.75, 3.05) is 25.1 Å². The molecule has 0 aliphatic heterocycles. The summed E-state index contributed by atoms with van der Waals surface area (Å²) < 4.78 is 10.4. The van der Waals surface area contributed by atoms with Gasteiger partial charge >= 0.3 is 5.97 Å². The van der Waals surface area contributed by atoms with Crippen LogP contribution in [0.3, 0.4) is 0 Å².